The monoisotopic (exact) mass is 387 g/mol. The van der Waals surface area contributed by atoms with Gasteiger partial charge in [0, 0.05) is 42.9 Å². The van der Waals surface area contributed by atoms with Crippen LogP contribution in [-0.4, -0.2) is 50.6 Å². The Bertz CT molecular complexity index is 758. The highest BCUT2D eigenvalue weighted by Crippen LogP contribution is 2.22. The first-order chi connectivity index (χ1) is 13.1. The van der Waals surface area contributed by atoms with Crippen LogP contribution in [0, 0.1) is 0 Å². The van der Waals surface area contributed by atoms with Gasteiger partial charge in [0.2, 0.25) is 5.91 Å². The summed E-state index contributed by atoms with van der Waals surface area (Å²) < 4.78 is 5.20. The third-order valence-corrected chi connectivity index (χ3v) is 5.35. The predicted molar refractivity (Wildman–Crippen MR) is 110 cm³/mol. The van der Waals surface area contributed by atoms with E-state index in [-0.39, 0.29) is 11.9 Å². The molecule has 1 N–H and O–H groups in total. The van der Waals surface area contributed by atoms with Gasteiger partial charge in [-0.2, -0.15) is 0 Å². The quantitative estimate of drug-likeness (QED) is 0.825. The van der Waals surface area contributed by atoms with E-state index in [1.807, 2.05) is 48.2 Å². The van der Waals surface area contributed by atoms with Crippen molar-refractivity contribution in [1.82, 2.24) is 10.2 Å². The Balaban J connectivity index is 1.47. The van der Waals surface area contributed by atoms with Crippen LogP contribution in [-0.2, 0) is 4.79 Å². The van der Waals surface area contributed by atoms with Crippen molar-refractivity contribution in [2.45, 2.75) is 13.0 Å². The Hall–Kier alpha value is -2.24. The molecule has 0 aromatic heterocycles. The molecule has 1 heterocycles. The van der Waals surface area contributed by atoms with Crippen LogP contribution in [0.2, 0.25) is 5.02 Å². The van der Waals surface area contributed by atoms with E-state index in [9.17, 15) is 4.79 Å². The van der Waals surface area contributed by atoms with Crippen LogP contribution in [0.25, 0.3) is 0 Å². The first kappa shape index (κ1) is 19.5. The third-order valence-electron chi connectivity index (χ3n) is 5.00. The molecule has 0 saturated carbocycles. The molecule has 1 aliphatic rings. The number of benzene rings is 2. The predicted octanol–water partition coefficient (Wildman–Crippen LogP) is 3.35. The lowest BCUT2D eigenvalue weighted by atomic mass is 10.1. The summed E-state index contributed by atoms with van der Waals surface area (Å²) >= 11 is 6.23. The van der Waals surface area contributed by atoms with Crippen molar-refractivity contribution in [2.75, 3.05) is 44.7 Å². The minimum Gasteiger partial charge on any atom is -0.497 e. The van der Waals surface area contributed by atoms with E-state index in [0.29, 0.717) is 6.54 Å². The molecule has 27 heavy (non-hydrogen) atoms. The normalized spacial score (nSPS) is 15.5. The number of halogens is 1. The van der Waals surface area contributed by atoms with Crippen LogP contribution >= 0.6 is 11.6 Å². The van der Waals surface area contributed by atoms with Crippen LogP contribution in [0.4, 0.5) is 5.69 Å². The van der Waals surface area contributed by atoms with Crippen molar-refractivity contribution < 1.29 is 9.53 Å². The summed E-state index contributed by atoms with van der Waals surface area (Å²) in [4.78, 5) is 16.8. The molecule has 6 heteroatoms. The van der Waals surface area contributed by atoms with Crippen LogP contribution in [0.15, 0.2) is 48.5 Å². The van der Waals surface area contributed by atoms with E-state index in [1.165, 1.54) is 0 Å². The summed E-state index contributed by atoms with van der Waals surface area (Å²) in [5.74, 6) is 0.981. The fourth-order valence-electron chi connectivity index (χ4n) is 3.30. The Morgan fingerprint density at radius 1 is 1.11 bits per heavy atom. The van der Waals surface area contributed by atoms with E-state index in [1.54, 1.807) is 7.11 Å². The molecule has 2 aromatic carbocycles. The van der Waals surface area contributed by atoms with E-state index in [2.05, 4.69) is 22.3 Å². The van der Waals surface area contributed by atoms with Gasteiger partial charge in [-0.3, -0.25) is 4.79 Å². The number of hydrogen-bond donors (Lipinski definition) is 1. The minimum atomic E-state index is 0.0308. The molecule has 0 radical (unpaired) electrons. The van der Waals surface area contributed by atoms with Gasteiger partial charge in [0.25, 0.3) is 0 Å². The topological polar surface area (TPSA) is 44.8 Å². The number of nitrogens with zero attached hydrogens (tertiary/aromatic N) is 2. The maximum absolute atomic E-state index is 12.5. The summed E-state index contributed by atoms with van der Waals surface area (Å²) in [6.07, 6.45) is 0. The van der Waals surface area contributed by atoms with Crippen LogP contribution in [0.1, 0.15) is 18.5 Å². The summed E-state index contributed by atoms with van der Waals surface area (Å²) in [5.41, 5.74) is 2.17. The van der Waals surface area contributed by atoms with Crippen molar-refractivity contribution in [3.8, 4) is 5.75 Å². The van der Waals surface area contributed by atoms with E-state index < -0.39 is 0 Å². The second-order valence-electron chi connectivity index (χ2n) is 6.69. The lowest BCUT2D eigenvalue weighted by Gasteiger charge is -2.36. The number of ether oxygens (including phenoxy) is 1. The molecule has 3 rings (SSSR count). The molecule has 0 spiro atoms. The minimum absolute atomic E-state index is 0.0308. The van der Waals surface area contributed by atoms with Gasteiger partial charge in [0.15, 0.2) is 0 Å². The number of carbonyl (C=O) groups is 1. The van der Waals surface area contributed by atoms with E-state index in [4.69, 9.17) is 16.3 Å². The van der Waals surface area contributed by atoms with Gasteiger partial charge in [-0.1, -0.05) is 29.8 Å². The first-order valence-corrected chi connectivity index (χ1v) is 9.61. The summed E-state index contributed by atoms with van der Waals surface area (Å²) in [5, 5.41) is 4.01. The molecule has 1 saturated heterocycles. The highest BCUT2D eigenvalue weighted by Gasteiger charge is 2.21. The van der Waals surface area contributed by atoms with Gasteiger partial charge >= 0.3 is 0 Å². The van der Waals surface area contributed by atoms with Crippen molar-refractivity contribution in [1.29, 1.82) is 0 Å². The average Bonchev–Trinajstić information content (AvgIpc) is 2.72. The number of rotatable bonds is 6. The number of carbonyl (C=O) groups excluding carboxylic acids is 1. The molecule has 1 amide bonds. The highest BCUT2D eigenvalue weighted by molar-refractivity contribution is 6.31. The lowest BCUT2D eigenvalue weighted by molar-refractivity contribution is -0.130. The van der Waals surface area contributed by atoms with Crippen LogP contribution in [0.5, 0.6) is 5.75 Å². The largest absolute Gasteiger partial charge is 0.497 e. The smallest absolute Gasteiger partial charge is 0.236 e. The van der Waals surface area contributed by atoms with Gasteiger partial charge in [0.1, 0.15) is 5.75 Å². The fraction of sp³-hybridized carbons (Fsp3) is 0.381. The van der Waals surface area contributed by atoms with Crippen molar-refractivity contribution in [3.05, 3.63) is 59.1 Å². The first-order valence-electron chi connectivity index (χ1n) is 9.23. The molecule has 2 aromatic rings. The van der Waals surface area contributed by atoms with Gasteiger partial charge < -0.3 is 19.9 Å². The SMILES string of the molecule is COc1ccc(N2CCN(C(=O)CN[C@@H](C)c3ccccc3Cl)CC2)cc1. The maximum Gasteiger partial charge on any atom is 0.236 e. The zero-order valence-electron chi connectivity index (χ0n) is 15.8. The summed E-state index contributed by atoms with van der Waals surface area (Å²) in [6, 6.07) is 15.8. The van der Waals surface area contributed by atoms with Gasteiger partial charge in [-0.15, -0.1) is 0 Å². The molecular formula is C21H26ClN3O2. The van der Waals surface area contributed by atoms with Crippen molar-refractivity contribution in [3.63, 3.8) is 0 Å². The Labute approximate surface area is 165 Å². The second kappa shape index (κ2) is 9.11. The molecule has 0 unspecified atom stereocenters. The summed E-state index contributed by atoms with van der Waals surface area (Å²) in [6.45, 7) is 5.46. The van der Waals surface area contributed by atoms with Crippen molar-refractivity contribution in [2.24, 2.45) is 0 Å². The molecule has 144 valence electrons. The second-order valence-corrected chi connectivity index (χ2v) is 7.10. The van der Waals surface area contributed by atoms with Gasteiger partial charge in [0.05, 0.1) is 13.7 Å². The Kier molecular flexibility index (Phi) is 6.58. The standard InChI is InChI=1S/C21H26ClN3O2/c1-16(19-5-3-4-6-20(19)22)23-15-21(26)25-13-11-24(12-14-25)17-7-9-18(27-2)10-8-17/h3-10,16,23H,11-15H2,1-2H3/t16-/m0/s1. The van der Waals surface area contributed by atoms with Crippen LogP contribution in [0.3, 0.4) is 0 Å². The molecule has 1 aliphatic heterocycles. The molecule has 5 nitrogen and oxygen atoms in total. The molecule has 0 aliphatic carbocycles. The number of anilines is 1. The van der Waals surface area contributed by atoms with E-state index in [0.717, 1.165) is 48.2 Å². The number of hydrogen-bond acceptors (Lipinski definition) is 4. The number of piperazine rings is 1. The number of amides is 1. The maximum atomic E-state index is 12.5. The zero-order valence-corrected chi connectivity index (χ0v) is 16.6. The van der Waals surface area contributed by atoms with Gasteiger partial charge in [-0.25, -0.2) is 0 Å². The number of nitrogens with one attached hydrogen (secondary N) is 1. The average molecular weight is 388 g/mol. The molecular weight excluding hydrogens is 362 g/mol. The Morgan fingerprint density at radius 3 is 2.41 bits per heavy atom. The van der Waals surface area contributed by atoms with Gasteiger partial charge in [-0.05, 0) is 42.8 Å². The lowest BCUT2D eigenvalue weighted by Crippen LogP contribution is -2.51. The molecule has 1 fully saturated rings. The molecule has 1 atom stereocenters. The van der Waals surface area contributed by atoms with Crippen molar-refractivity contribution >= 4 is 23.2 Å². The van der Waals surface area contributed by atoms with E-state index >= 15 is 0 Å². The third kappa shape index (κ3) is 4.93. The highest BCUT2D eigenvalue weighted by atomic mass is 35.5. The zero-order chi connectivity index (χ0) is 19.2. The number of methoxy groups -OCH3 is 1. The van der Waals surface area contributed by atoms with Crippen LogP contribution < -0.4 is 15.0 Å². The summed E-state index contributed by atoms with van der Waals surface area (Å²) in [7, 11) is 1.67. The Morgan fingerprint density at radius 2 is 1.78 bits per heavy atom. The fourth-order valence-corrected chi connectivity index (χ4v) is 3.59. The molecule has 0 bridgehead atoms.